The molecule has 0 unspecified atom stereocenters. The molecule has 1 rings (SSSR count). The number of hydrogen-bond acceptors (Lipinski definition) is 4. The van der Waals surface area contributed by atoms with Crippen LogP contribution in [-0.2, 0) is 0 Å². The van der Waals surface area contributed by atoms with Crippen LogP contribution in [0, 0.1) is 0 Å². The predicted molar refractivity (Wildman–Crippen MR) is 85.1 cm³/mol. The maximum atomic E-state index is 5.75. The van der Waals surface area contributed by atoms with Crippen molar-refractivity contribution in [1.29, 1.82) is 0 Å². The summed E-state index contributed by atoms with van der Waals surface area (Å²) in [7, 11) is 0. The van der Waals surface area contributed by atoms with Gasteiger partial charge in [-0.3, -0.25) is 5.43 Å². The first-order valence-electron chi connectivity index (χ1n) is 6.44. The lowest BCUT2D eigenvalue weighted by atomic mass is 10.2. The molecule has 0 saturated carbocycles. The Labute approximate surface area is 119 Å². The second-order valence-corrected chi connectivity index (χ2v) is 4.17. The number of allylic oxidation sites excluding steroid dienone is 2. The van der Waals surface area contributed by atoms with Gasteiger partial charge in [-0.15, -0.1) is 0 Å². The summed E-state index contributed by atoms with van der Waals surface area (Å²) in [6.07, 6.45) is 6.27. The Kier molecular flexibility index (Phi) is 6.61. The van der Waals surface area contributed by atoms with E-state index in [0.717, 1.165) is 17.7 Å². The van der Waals surface area contributed by atoms with E-state index in [1.807, 2.05) is 43.3 Å². The summed E-state index contributed by atoms with van der Waals surface area (Å²) >= 11 is 0. The van der Waals surface area contributed by atoms with E-state index < -0.39 is 0 Å². The average molecular weight is 271 g/mol. The zero-order valence-corrected chi connectivity index (χ0v) is 11.9. The molecule has 0 saturated heterocycles. The molecule has 0 spiro atoms. The molecule has 0 aliphatic carbocycles. The van der Waals surface area contributed by atoms with Crippen molar-refractivity contribution in [3.63, 3.8) is 0 Å². The lowest BCUT2D eigenvalue weighted by molar-refractivity contribution is 0.905. The minimum Gasteiger partial charge on any atom is -0.387 e. The van der Waals surface area contributed by atoms with Crippen molar-refractivity contribution in [2.75, 3.05) is 0 Å². The minimum absolute atomic E-state index is 0.340. The number of nitrogens with two attached hydrogens (primary N) is 2. The highest BCUT2D eigenvalue weighted by Gasteiger charge is 1.93. The third-order valence-corrected chi connectivity index (χ3v) is 2.24. The van der Waals surface area contributed by atoms with Crippen molar-refractivity contribution < 1.29 is 0 Å². The summed E-state index contributed by atoms with van der Waals surface area (Å²) in [4.78, 5) is 3.97. The number of hydrogen-bond donors (Lipinski definition) is 3. The van der Waals surface area contributed by atoms with Crippen molar-refractivity contribution in [2.24, 2.45) is 21.6 Å². The third-order valence-electron chi connectivity index (χ3n) is 2.24. The van der Waals surface area contributed by atoms with Gasteiger partial charge in [0, 0.05) is 6.08 Å². The Morgan fingerprint density at radius 1 is 1.25 bits per heavy atom. The van der Waals surface area contributed by atoms with E-state index in [9.17, 15) is 0 Å². The summed E-state index contributed by atoms with van der Waals surface area (Å²) in [6, 6.07) is 9.83. The monoisotopic (exact) mass is 271 g/mol. The molecule has 0 heterocycles. The first kappa shape index (κ1) is 15.5. The van der Waals surface area contributed by atoms with Crippen LogP contribution in [0.1, 0.15) is 25.8 Å². The summed E-state index contributed by atoms with van der Waals surface area (Å²) in [6.45, 7) is 3.72. The number of nitrogens with one attached hydrogen (secondary N) is 1. The zero-order valence-electron chi connectivity index (χ0n) is 11.9. The number of hydrazone groups is 1. The van der Waals surface area contributed by atoms with E-state index in [-0.39, 0.29) is 0 Å². The second-order valence-electron chi connectivity index (χ2n) is 4.17. The molecule has 0 aromatic heterocycles. The standard InChI is InChI=1S/C15H21N5/c1-3-7-14(10-15(17)19-12(2)16)20-18-11-13-8-5-4-6-9-13/h4-11,20H,3,17H2,1-2H3,(H2,16,19)/b14-7-,15-10-,18-11+. The normalized spacial score (nSPS) is 13.8. The van der Waals surface area contributed by atoms with Crippen LogP contribution in [0.4, 0.5) is 0 Å². The van der Waals surface area contributed by atoms with E-state index >= 15 is 0 Å². The summed E-state index contributed by atoms with van der Waals surface area (Å²) in [5, 5.41) is 4.17. The van der Waals surface area contributed by atoms with Crippen LogP contribution >= 0.6 is 0 Å². The number of aliphatic imine (C=N–C) groups is 1. The highest BCUT2D eigenvalue weighted by atomic mass is 15.3. The first-order valence-corrected chi connectivity index (χ1v) is 6.44. The van der Waals surface area contributed by atoms with Gasteiger partial charge in [-0.25, -0.2) is 4.99 Å². The molecule has 106 valence electrons. The fraction of sp³-hybridized carbons (Fsp3) is 0.200. The molecule has 5 nitrogen and oxygen atoms in total. The van der Waals surface area contributed by atoms with Gasteiger partial charge >= 0.3 is 0 Å². The van der Waals surface area contributed by atoms with Crippen molar-refractivity contribution in [3.05, 3.63) is 59.6 Å². The number of nitrogens with zero attached hydrogens (tertiary/aromatic N) is 2. The van der Waals surface area contributed by atoms with Crippen molar-refractivity contribution in [1.82, 2.24) is 5.43 Å². The smallest absolute Gasteiger partial charge is 0.127 e. The lowest BCUT2D eigenvalue weighted by Crippen LogP contribution is -2.10. The molecule has 0 atom stereocenters. The van der Waals surface area contributed by atoms with E-state index in [0.29, 0.717) is 11.7 Å². The Balaban J connectivity index is 2.72. The molecule has 1 aromatic rings. The zero-order chi connectivity index (χ0) is 14.8. The van der Waals surface area contributed by atoms with Gasteiger partial charge in [-0.2, -0.15) is 5.10 Å². The van der Waals surface area contributed by atoms with Crippen molar-refractivity contribution in [2.45, 2.75) is 20.3 Å². The van der Waals surface area contributed by atoms with Crippen LogP contribution in [0.25, 0.3) is 0 Å². The number of rotatable bonds is 6. The predicted octanol–water partition coefficient (Wildman–Crippen LogP) is 2.08. The van der Waals surface area contributed by atoms with Crippen LogP contribution in [-0.4, -0.2) is 12.1 Å². The molecule has 0 aliphatic rings. The molecule has 20 heavy (non-hydrogen) atoms. The number of benzene rings is 1. The summed E-state index contributed by atoms with van der Waals surface area (Å²) in [5.41, 5.74) is 16.0. The number of amidine groups is 1. The van der Waals surface area contributed by atoms with Crippen LogP contribution in [0.3, 0.4) is 0 Å². The Bertz CT molecular complexity index is 522. The molecule has 5 N–H and O–H groups in total. The molecule has 1 aromatic carbocycles. The third kappa shape index (κ3) is 6.39. The minimum atomic E-state index is 0.340. The maximum Gasteiger partial charge on any atom is 0.127 e. The molecular weight excluding hydrogens is 250 g/mol. The van der Waals surface area contributed by atoms with Crippen LogP contribution in [0.5, 0.6) is 0 Å². The molecule has 0 fully saturated rings. The Morgan fingerprint density at radius 3 is 2.55 bits per heavy atom. The van der Waals surface area contributed by atoms with Crippen molar-refractivity contribution in [3.8, 4) is 0 Å². The highest BCUT2D eigenvalue weighted by Crippen LogP contribution is 2.00. The second kappa shape index (κ2) is 8.53. The van der Waals surface area contributed by atoms with Crippen molar-refractivity contribution >= 4 is 12.1 Å². The quantitative estimate of drug-likeness (QED) is 0.320. The van der Waals surface area contributed by atoms with E-state index in [4.69, 9.17) is 11.5 Å². The van der Waals surface area contributed by atoms with Gasteiger partial charge in [0.1, 0.15) is 5.82 Å². The molecule has 0 amide bonds. The van der Waals surface area contributed by atoms with Gasteiger partial charge in [0.05, 0.1) is 17.7 Å². The lowest BCUT2D eigenvalue weighted by Gasteiger charge is -2.02. The van der Waals surface area contributed by atoms with E-state index in [2.05, 4.69) is 15.5 Å². The molecule has 0 aliphatic heterocycles. The fourth-order valence-corrected chi connectivity index (χ4v) is 1.47. The molecule has 5 heteroatoms. The molecular formula is C15H21N5. The van der Waals surface area contributed by atoms with Gasteiger partial charge in [-0.1, -0.05) is 43.3 Å². The summed E-state index contributed by atoms with van der Waals surface area (Å²) < 4.78 is 0. The van der Waals surface area contributed by atoms with Gasteiger partial charge in [-0.05, 0) is 18.9 Å². The maximum absolute atomic E-state index is 5.75. The van der Waals surface area contributed by atoms with Gasteiger partial charge in [0.2, 0.25) is 0 Å². The average Bonchev–Trinajstić information content (AvgIpc) is 2.39. The summed E-state index contributed by atoms with van der Waals surface area (Å²) in [5.74, 6) is 0.759. The topological polar surface area (TPSA) is 88.8 Å². The van der Waals surface area contributed by atoms with Gasteiger partial charge in [0.15, 0.2) is 0 Å². The fourth-order valence-electron chi connectivity index (χ4n) is 1.47. The SMILES string of the molecule is CC/C=C(/C=C(/N)N=C(C)N)N/N=C/c1ccccc1. The first-order chi connectivity index (χ1) is 9.61. The van der Waals surface area contributed by atoms with Gasteiger partial charge < -0.3 is 11.5 Å². The largest absolute Gasteiger partial charge is 0.387 e. The Hall–Kier alpha value is -2.56. The Morgan fingerprint density at radius 2 is 1.95 bits per heavy atom. The molecule has 0 radical (unpaired) electrons. The van der Waals surface area contributed by atoms with Gasteiger partial charge in [0.25, 0.3) is 0 Å². The van der Waals surface area contributed by atoms with E-state index in [1.54, 1.807) is 19.2 Å². The highest BCUT2D eigenvalue weighted by molar-refractivity contribution is 5.79. The van der Waals surface area contributed by atoms with E-state index in [1.165, 1.54) is 0 Å². The van der Waals surface area contributed by atoms with Crippen LogP contribution in [0.15, 0.2) is 64.1 Å². The molecule has 0 bridgehead atoms. The van der Waals surface area contributed by atoms with Crippen LogP contribution in [0.2, 0.25) is 0 Å². The van der Waals surface area contributed by atoms with Crippen LogP contribution < -0.4 is 16.9 Å².